The van der Waals surface area contributed by atoms with Crippen molar-refractivity contribution in [3.63, 3.8) is 0 Å². The standard InChI is InChI=1S/C16H16/c1-2-14-4-3-13(1)9-10-15-5-7-16(8-6-15)12-11-14/h1-8H,9-12H2/i1D,4D. The lowest BCUT2D eigenvalue weighted by Crippen LogP contribution is -1.97. The second-order valence-electron chi connectivity index (χ2n) is 4.44. The molecule has 0 nitrogen and oxygen atoms in total. The predicted molar refractivity (Wildman–Crippen MR) is 67.7 cm³/mol. The normalized spacial score (nSPS) is 16.2. The van der Waals surface area contributed by atoms with Gasteiger partial charge >= 0.3 is 0 Å². The maximum Gasteiger partial charge on any atom is 0.0626 e. The Morgan fingerprint density at radius 1 is 0.562 bits per heavy atom. The molecular weight excluding hydrogens is 192 g/mol. The molecule has 2 aromatic rings. The second-order valence-corrected chi connectivity index (χ2v) is 4.44. The molecule has 0 spiro atoms. The first-order valence-corrected chi connectivity index (χ1v) is 5.89. The van der Waals surface area contributed by atoms with E-state index in [0.29, 0.717) is 12.1 Å². The fourth-order valence-electron chi connectivity index (χ4n) is 2.16. The molecule has 4 aliphatic rings. The Morgan fingerprint density at radius 3 is 1.38 bits per heavy atom. The summed E-state index contributed by atoms with van der Waals surface area (Å²) in [4.78, 5) is 0. The van der Waals surface area contributed by atoms with Crippen molar-refractivity contribution in [1.29, 1.82) is 0 Å². The molecule has 0 N–H and O–H groups in total. The highest BCUT2D eigenvalue weighted by Gasteiger charge is 2.01. The van der Waals surface area contributed by atoms with Crippen LogP contribution >= 0.6 is 0 Å². The topological polar surface area (TPSA) is 0 Å². The van der Waals surface area contributed by atoms with E-state index in [-0.39, 0.29) is 0 Å². The van der Waals surface area contributed by atoms with Crippen LogP contribution in [-0.2, 0) is 25.7 Å². The summed E-state index contributed by atoms with van der Waals surface area (Å²) in [5.41, 5.74) is 4.62. The average molecular weight is 210 g/mol. The summed E-state index contributed by atoms with van der Waals surface area (Å²) >= 11 is 0. The van der Waals surface area contributed by atoms with Crippen LogP contribution in [0, 0.1) is 0 Å². The van der Waals surface area contributed by atoms with Crippen molar-refractivity contribution in [1.82, 2.24) is 0 Å². The van der Waals surface area contributed by atoms with E-state index in [1.54, 1.807) is 0 Å². The highest BCUT2D eigenvalue weighted by molar-refractivity contribution is 5.29. The molecule has 2 aromatic carbocycles. The predicted octanol–water partition coefficient (Wildman–Crippen LogP) is 3.57. The van der Waals surface area contributed by atoms with Gasteiger partial charge in [-0.05, 0) is 47.9 Å². The van der Waals surface area contributed by atoms with Crippen LogP contribution < -0.4 is 0 Å². The van der Waals surface area contributed by atoms with Crippen LogP contribution in [0.15, 0.2) is 48.5 Å². The fourth-order valence-corrected chi connectivity index (χ4v) is 2.16. The van der Waals surface area contributed by atoms with Gasteiger partial charge in [0.05, 0.1) is 2.74 Å². The zero-order valence-electron chi connectivity index (χ0n) is 11.3. The van der Waals surface area contributed by atoms with Crippen molar-refractivity contribution in [2.45, 2.75) is 25.7 Å². The highest BCUT2D eigenvalue weighted by Crippen LogP contribution is 2.14. The molecule has 0 aromatic heterocycles. The van der Waals surface area contributed by atoms with Gasteiger partial charge in [-0.1, -0.05) is 48.5 Å². The zero-order chi connectivity index (χ0) is 12.5. The van der Waals surface area contributed by atoms with Crippen LogP contribution in [0.2, 0.25) is 0 Å². The number of benzene rings is 2. The summed E-state index contributed by atoms with van der Waals surface area (Å²) in [5, 5.41) is 0. The minimum atomic E-state index is 0.594. The largest absolute Gasteiger partial charge is 0.0626 e. The van der Waals surface area contributed by atoms with Crippen molar-refractivity contribution in [2.75, 3.05) is 0 Å². The van der Waals surface area contributed by atoms with E-state index < -0.39 is 0 Å². The second kappa shape index (κ2) is 4.13. The van der Waals surface area contributed by atoms with Crippen molar-refractivity contribution in [3.05, 3.63) is 70.7 Å². The van der Waals surface area contributed by atoms with Crippen LogP contribution in [0.4, 0.5) is 0 Å². The summed E-state index contributed by atoms with van der Waals surface area (Å²) in [7, 11) is 0. The molecule has 0 saturated carbocycles. The van der Waals surface area contributed by atoms with E-state index in [9.17, 15) is 0 Å². The smallest absolute Gasteiger partial charge is 0.0588 e. The SMILES string of the molecule is [2H]c1cc2c([2H])cc1CCc1ccc(cc1)CC2. The quantitative estimate of drug-likeness (QED) is 0.623. The zero-order valence-corrected chi connectivity index (χ0v) is 9.29. The maximum atomic E-state index is 8.04. The van der Waals surface area contributed by atoms with Gasteiger partial charge in [-0.15, -0.1) is 0 Å². The average Bonchev–Trinajstić information content (AvgIpc) is 2.37. The molecule has 16 heavy (non-hydrogen) atoms. The molecule has 0 heteroatoms. The monoisotopic (exact) mass is 210 g/mol. The van der Waals surface area contributed by atoms with Crippen LogP contribution in [0.25, 0.3) is 0 Å². The first-order valence-electron chi connectivity index (χ1n) is 6.89. The van der Waals surface area contributed by atoms with E-state index >= 15 is 0 Å². The van der Waals surface area contributed by atoms with E-state index in [1.165, 1.54) is 11.1 Å². The Hall–Kier alpha value is -1.56. The van der Waals surface area contributed by atoms with Gasteiger partial charge in [-0.3, -0.25) is 0 Å². The summed E-state index contributed by atoms with van der Waals surface area (Å²) in [5.74, 6) is 0. The Balaban J connectivity index is 2.05. The van der Waals surface area contributed by atoms with Crippen LogP contribution in [0.3, 0.4) is 0 Å². The summed E-state index contributed by atoms with van der Waals surface area (Å²) < 4.78 is 16.1. The van der Waals surface area contributed by atoms with Gasteiger partial charge in [0.1, 0.15) is 0 Å². The molecule has 0 heterocycles. The lowest BCUT2D eigenvalue weighted by Gasteiger charge is -2.09. The molecule has 0 amide bonds. The summed E-state index contributed by atoms with van der Waals surface area (Å²) in [6.45, 7) is 0. The Morgan fingerprint density at radius 2 is 0.938 bits per heavy atom. The number of hydrogen-bond acceptors (Lipinski definition) is 0. The van der Waals surface area contributed by atoms with Crippen LogP contribution in [0.5, 0.6) is 0 Å². The van der Waals surface area contributed by atoms with E-state index in [4.69, 9.17) is 2.74 Å². The molecule has 6 rings (SSSR count). The third kappa shape index (κ3) is 2.01. The van der Waals surface area contributed by atoms with Gasteiger partial charge in [0.25, 0.3) is 0 Å². The molecule has 0 atom stereocenters. The number of hydrogen-bond donors (Lipinski definition) is 0. The number of aryl methyl sites for hydroxylation is 4. The molecule has 0 radical (unpaired) electrons. The Labute approximate surface area is 99.8 Å². The van der Waals surface area contributed by atoms with Crippen molar-refractivity contribution in [3.8, 4) is 0 Å². The summed E-state index contributed by atoms with van der Waals surface area (Å²) in [6, 6.07) is 13.7. The molecule has 0 unspecified atom stereocenters. The summed E-state index contributed by atoms with van der Waals surface area (Å²) in [6.07, 6.45) is 3.60. The Kier molecular flexibility index (Phi) is 1.98. The minimum Gasteiger partial charge on any atom is -0.0588 e. The minimum absolute atomic E-state index is 0.594. The Bertz CT molecular complexity index is 518. The molecule has 0 aliphatic heterocycles. The third-order valence-electron chi connectivity index (χ3n) is 3.25. The van der Waals surface area contributed by atoms with E-state index in [2.05, 4.69) is 24.3 Å². The van der Waals surface area contributed by atoms with Gasteiger partial charge in [-0.25, -0.2) is 0 Å². The van der Waals surface area contributed by atoms with Crippen LogP contribution in [0.1, 0.15) is 25.0 Å². The number of rotatable bonds is 0. The first kappa shape index (κ1) is 7.67. The van der Waals surface area contributed by atoms with Crippen molar-refractivity contribution < 1.29 is 2.74 Å². The molecular formula is C16H16. The van der Waals surface area contributed by atoms with Gasteiger partial charge in [0, 0.05) is 0 Å². The van der Waals surface area contributed by atoms with E-state index in [0.717, 1.165) is 36.8 Å². The van der Waals surface area contributed by atoms with Gasteiger partial charge in [-0.2, -0.15) is 0 Å². The van der Waals surface area contributed by atoms with Gasteiger partial charge in [0.2, 0.25) is 0 Å². The van der Waals surface area contributed by atoms with E-state index in [1.807, 2.05) is 12.1 Å². The molecule has 0 saturated heterocycles. The maximum absolute atomic E-state index is 8.04. The van der Waals surface area contributed by atoms with Crippen LogP contribution in [-0.4, -0.2) is 0 Å². The molecule has 80 valence electrons. The molecule has 0 fully saturated rings. The third-order valence-corrected chi connectivity index (χ3v) is 3.25. The van der Waals surface area contributed by atoms with Gasteiger partial charge in [0.15, 0.2) is 0 Å². The molecule has 4 aliphatic carbocycles. The molecule has 4 bridgehead atoms. The fraction of sp³-hybridized carbons (Fsp3) is 0.250. The van der Waals surface area contributed by atoms with Crippen molar-refractivity contribution in [2.24, 2.45) is 0 Å². The lowest BCUT2D eigenvalue weighted by molar-refractivity contribution is 0.921. The van der Waals surface area contributed by atoms with Gasteiger partial charge < -0.3 is 0 Å². The first-order chi connectivity index (χ1) is 8.72. The highest BCUT2D eigenvalue weighted by atomic mass is 14.1. The lowest BCUT2D eigenvalue weighted by atomic mass is 9.97. The van der Waals surface area contributed by atoms with Crippen molar-refractivity contribution >= 4 is 0 Å².